The standard InChI is InChI=1S/C21H27N3O4.C16H19N3O2/c1-21(2,3)28-20(25)24-11-9-16(10-12-24)27-19-13-15(14-22-23-19)17-7-5-6-8-18(17)26-4;1-20-15-5-3-2-4-14(15)12-10-16(19-18-11-12)21-13-6-8-17-9-7-13/h5-8,13-14,16H,9-12H2,1-4H3;2-5,10-11,13,17H,6-9H2,1H3. The summed E-state index contributed by atoms with van der Waals surface area (Å²) in [6, 6.07) is 19.4. The van der Waals surface area contributed by atoms with E-state index >= 15 is 0 Å². The molecular weight excluding hydrogens is 624 g/mol. The van der Waals surface area contributed by atoms with Crippen LogP contribution in [0.25, 0.3) is 22.3 Å². The highest BCUT2D eigenvalue weighted by atomic mass is 16.6. The van der Waals surface area contributed by atoms with Gasteiger partial charge >= 0.3 is 6.09 Å². The zero-order valence-corrected chi connectivity index (χ0v) is 28.9. The smallest absolute Gasteiger partial charge is 0.410 e. The minimum Gasteiger partial charge on any atom is -0.496 e. The van der Waals surface area contributed by atoms with E-state index < -0.39 is 5.60 Å². The van der Waals surface area contributed by atoms with Crippen molar-refractivity contribution < 1.29 is 28.5 Å². The SMILES string of the molecule is COc1ccccc1-c1cnnc(OC2CCN(C(=O)OC(C)(C)C)CC2)c1.COc1ccccc1-c1cnnc(OC2CCNCC2)c1. The fourth-order valence-corrected chi connectivity index (χ4v) is 5.61. The Bertz CT molecular complexity index is 1650. The third-order valence-corrected chi connectivity index (χ3v) is 8.05. The van der Waals surface area contributed by atoms with E-state index in [9.17, 15) is 4.79 Å². The van der Waals surface area contributed by atoms with Crippen molar-refractivity contribution in [2.75, 3.05) is 40.4 Å². The topological polar surface area (TPSA) is 130 Å². The van der Waals surface area contributed by atoms with Gasteiger partial charge in [0.05, 0.1) is 26.6 Å². The molecule has 0 saturated carbocycles. The Balaban J connectivity index is 0.000000199. The van der Waals surface area contributed by atoms with Gasteiger partial charge in [-0.3, -0.25) is 0 Å². The maximum Gasteiger partial charge on any atom is 0.410 e. The van der Waals surface area contributed by atoms with Gasteiger partial charge in [0.25, 0.3) is 0 Å². The van der Waals surface area contributed by atoms with Crippen LogP contribution in [0.5, 0.6) is 23.3 Å². The first-order chi connectivity index (χ1) is 23.7. The van der Waals surface area contributed by atoms with Crippen molar-refractivity contribution in [3.05, 3.63) is 73.1 Å². The highest BCUT2D eigenvalue weighted by molar-refractivity contribution is 5.71. The van der Waals surface area contributed by atoms with Crippen molar-refractivity contribution >= 4 is 6.09 Å². The molecule has 12 heteroatoms. The van der Waals surface area contributed by atoms with Crippen molar-refractivity contribution in [3.8, 4) is 45.5 Å². The van der Waals surface area contributed by atoms with Crippen LogP contribution in [0.2, 0.25) is 0 Å². The van der Waals surface area contributed by atoms with Gasteiger partial charge in [0.15, 0.2) is 0 Å². The van der Waals surface area contributed by atoms with Crippen LogP contribution < -0.4 is 24.3 Å². The average Bonchev–Trinajstić information content (AvgIpc) is 3.12. The van der Waals surface area contributed by atoms with Gasteiger partial charge in [0, 0.05) is 60.3 Å². The number of likely N-dealkylation sites (tertiary alicyclic amines) is 1. The van der Waals surface area contributed by atoms with Crippen LogP contribution in [0, 0.1) is 0 Å². The van der Waals surface area contributed by atoms with Gasteiger partial charge < -0.3 is 33.9 Å². The van der Waals surface area contributed by atoms with E-state index in [1.165, 1.54) is 0 Å². The second kappa shape index (κ2) is 16.9. The number of carbonyl (C=O) groups excluding carboxylic acids is 1. The Morgan fingerprint density at radius 3 is 1.67 bits per heavy atom. The molecule has 6 rings (SSSR count). The molecule has 12 nitrogen and oxygen atoms in total. The van der Waals surface area contributed by atoms with Crippen LogP contribution in [0.3, 0.4) is 0 Å². The second-order valence-corrected chi connectivity index (χ2v) is 12.8. The molecule has 0 radical (unpaired) electrons. The quantitative estimate of drug-likeness (QED) is 0.230. The Kier molecular flexibility index (Phi) is 12.2. The Labute approximate surface area is 288 Å². The van der Waals surface area contributed by atoms with E-state index in [0.717, 1.165) is 72.5 Å². The zero-order chi connectivity index (χ0) is 34.6. The third-order valence-electron chi connectivity index (χ3n) is 8.05. The van der Waals surface area contributed by atoms with E-state index in [1.807, 2.05) is 81.4 Å². The summed E-state index contributed by atoms with van der Waals surface area (Å²) < 4.78 is 28.2. The minimum atomic E-state index is -0.487. The molecule has 2 saturated heterocycles. The van der Waals surface area contributed by atoms with Gasteiger partial charge in [-0.25, -0.2) is 4.79 Å². The van der Waals surface area contributed by atoms with E-state index in [2.05, 4.69) is 25.7 Å². The lowest BCUT2D eigenvalue weighted by atomic mass is 10.1. The number of rotatable bonds is 8. The van der Waals surface area contributed by atoms with Crippen molar-refractivity contribution in [2.45, 2.75) is 64.3 Å². The Morgan fingerprint density at radius 1 is 0.735 bits per heavy atom. The predicted molar refractivity (Wildman–Crippen MR) is 186 cm³/mol. The minimum absolute atomic E-state index is 0.0131. The monoisotopic (exact) mass is 670 g/mol. The van der Waals surface area contributed by atoms with Gasteiger partial charge in [-0.2, -0.15) is 10.2 Å². The van der Waals surface area contributed by atoms with Crippen LogP contribution in [0.15, 0.2) is 73.1 Å². The van der Waals surface area contributed by atoms with Gasteiger partial charge in [-0.1, -0.05) is 36.4 Å². The number of hydrogen-bond acceptors (Lipinski definition) is 11. The molecule has 2 aliphatic heterocycles. The van der Waals surface area contributed by atoms with Gasteiger partial charge in [-0.05, 0) is 58.8 Å². The van der Waals surface area contributed by atoms with Gasteiger partial charge in [0.1, 0.15) is 29.3 Å². The van der Waals surface area contributed by atoms with Gasteiger partial charge in [0.2, 0.25) is 11.8 Å². The Morgan fingerprint density at radius 2 is 1.20 bits per heavy atom. The van der Waals surface area contributed by atoms with Crippen molar-refractivity contribution in [3.63, 3.8) is 0 Å². The number of carbonyl (C=O) groups is 1. The first-order valence-corrected chi connectivity index (χ1v) is 16.7. The fraction of sp³-hybridized carbons (Fsp3) is 0.432. The number of nitrogens with one attached hydrogen (secondary N) is 1. The number of ether oxygens (including phenoxy) is 5. The molecule has 2 aliphatic rings. The lowest BCUT2D eigenvalue weighted by molar-refractivity contribution is 0.0122. The Hall–Kier alpha value is -4.97. The molecular formula is C37H46N6O6. The van der Waals surface area contributed by atoms with Crippen LogP contribution in [-0.4, -0.2) is 89.6 Å². The molecule has 0 aliphatic carbocycles. The maximum atomic E-state index is 12.2. The predicted octanol–water partition coefficient (Wildman–Crippen LogP) is 6.21. The molecule has 2 aromatic carbocycles. The molecule has 2 fully saturated rings. The summed E-state index contributed by atoms with van der Waals surface area (Å²) in [5.74, 6) is 2.63. The number of nitrogens with zero attached hydrogens (tertiary/aromatic N) is 5. The summed E-state index contributed by atoms with van der Waals surface area (Å²) in [4.78, 5) is 13.9. The summed E-state index contributed by atoms with van der Waals surface area (Å²) in [7, 11) is 3.31. The van der Waals surface area contributed by atoms with Crippen LogP contribution >= 0.6 is 0 Å². The fourth-order valence-electron chi connectivity index (χ4n) is 5.61. The molecule has 4 heterocycles. The van der Waals surface area contributed by atoms with Crippen molar-refractivity contribution in [1.29, 1.82) is 0 Å². The van der Waals surface area contributed by atoms with Crippen molar-refractivity contribution in [1.82, 2.24) is 30.6 Å². The third kappa shape index (κ3) is 10.3. The number of methoxy groups -OCH3 is 2. The van der Waals surface area contributed by atoms with Gasteiger partial charge in [-0.15, -0.1) is 10.2 Å². The first kappa shape index (κ1) is 35.3. The number of aromatic nitrogens is 4. The number of para-hydroxylation sites is 2. The number of benzene rings is 2. The summed E-state index contributed by atoms with van der Waals surface area (Å²) in [6.07, 6.45) is 6.79. The highest BCUT2D eigenvalue weighted by Crippen LogP contribution is 2.32. The molecule has 0 unspecified atom stereocenters. The molecule has 4 aromatic rings. The summed E-state index contributed by atoms with van der Waals surface area (Å²) in [5, 5.41) is 19.6. The number of piperidine rings is 2. The maximum absolute atomic E-state index is 12.2. The summed E-state index contributed by atoms with van der Waals surface area (Å²) in [5.41, 5.74) is 3.27. The molecule has 1 N–H and O–H groups in total. The number of amides is 1. The van der Waals surface area contributed by atoms with E-state index in [0.29, 0.717) is 24.8 Å². The van der Waals surface area contributed by atoms with E-state index in [-0.39, 0.29) is 18.3 Å². The molecule has 0 spiro atoms. The molecule has 0 bridgehead atoms. The van der Waals surface area contributed by atoms with E-state index in [1.54, 1.807) is 31.5 Å². The van der Waals surface area contributed by atoms with Crippen LogP contribution in [0.4, 0.5) is 4.79 Å². The lowest BCUT2D eigenvalue weighted by Gasteiger charge is -2.33. The molecule has 49 heavy (non-hydrogen) atoms. The van der Waals surface area contributed by atoms with Crippen LogP contribution in [0.1, 0.15) is 46.5 Å². The normalized spacial score (nSPS) is 15.4. The highest BCUT2D eigenvalue weighted by Gasteiger charge is 2.28. The molecule has 1 amide bonds. The molecule has 0 atom stereocenters. The average molecular weight is 671 g/mol. The molecule has 2 aromatic heterocycles. The zero-order valence-electron chi connectivity index (χ0n) is 28.9. The van der Waals surface area contributed by atoms with E-state index in [4.69, 9.17) is 23.7 Å². The van der Waals surface area contributed by atoms with Crippen molar-refractivity contribution in [2.24, 2.45) is 0 Å². The molecule has 260 valence electrons. The lowest BCUT2D eigenvalue weighted by Crippen LogP contribution is -2.44. The summed E-state index contributed by atoms with van der Waals surface area (Å²) in [6.45, 7) is 8.78. The summed E-state index contributed by atoms with van der Waals surface area (Å²) >= 11 is 0. The van der Waals surface area contributed by atoms with Crippen LogP contribution in [-0.2, 0) is 4.74 Å². The second-order valence-electron chi connectivity index (χ2n) is 12.8. The largest absolute Gasteiger partial charge is 0.496 e. The number of hydrogen-bond donors (Lipinski definition) is 1. The first-order valence-electron chi connectivity index (χ1n) is 16.7.